The van der Waals surface area contributed by atoms with Crippen molar-refractivity contribution < 1.29 is 19.1 Å². The fourth-order valence-corrected chi connectivity index (χ4v) is 1.99. The molecule has 3 amide bonds. The van der Waals surface area contributed by atoms with Gasteiger partial charge in [0.25, 0.3) is 0 Å². The van der Waals surface area contributed by atoms with Crippen molar-refractivity contribution in [3.63, 3.8) is 0 Å². The van der Waals surface area contributed by atoms with Crippen molar-refractivity contribution in [1.29, 1.82) is 0 Å². The fourth-order valence-electron chi connectivity index (χ4n) is 1.99. The van der Waals surface area contributed by atoms with Crippen LogP contribution in [-0.2, 0) is 14.3 Å². The van der Waals surface area contributed by atoms with E-state index in [1.54, 1.807) is 32.9 Å². The summed E-state index contributed by atoms with van der Waals surface area (Å²) in [5.74, 6) is -0.0999. The maximum atomic E-state index is 11.9. The third kappa shape index (κ3) is 5.24. The van der Waals surface area contributed by atoms with Crippen molar-refractivity contribution in [2.45, 2.75) is 45.3 Å². The van der Waals surface area contributed by atoms with Gasteiger partial charge in [0.15, 0.2) is 0 Å². The van der Waals surface area contributed by atoms with Gasteiger partial charge in [0, 0.05) is 6.42 Å². The lowest BCUT2D eigenvalue weighted by atomic mass is 10.2. The first-order valence-corrected chi connectivity index (χ1v) is 7.29. The number of hydrogen-bond acceptors (Lipinski definition) is 5. The molecule has 124 valence electrons. The summed E-state index contributed by atoms with van der Waals surface area (Å²) >= 11 is 0. The topological polar surface area (TPSA) is 109 Å². The zero-order valence-corrected chi connectivity index (χ0v) is 13.3. The molecule has 23 heavy (non-hydrogen) atoms. The highest BCUT2D eigenvalue weighted by Crippen LogP contribution is 2.14. The monoisotopic (exact) mass is 320 g/mol. The molecule has 0 bridgehead atoms. The van der Waals surface area contributed by atoms with E-state index in [4.69, 9.17) is 4.74 Å². The average Bonchev–Trinajstić information content (AvgIpc) is 2.85. The van der Waals surface area contributed by atoms with Gasteiger partial charge in [0.1, 0.15) is 17.5 Å². The van der Waals surface area contributed by atoms with Crippen LogP contribution in [0.5, 0.6) is 0 Å². The van der Waals surface area contributed by atoms with E-state index in [1.165, 1.54) is 6.20 Å². The van der Waals surface area contributed by atoms with E-state index in [0.717, 1.165) is 0 Å². The summed E-state index contributed by atoms with van der Waals surface area (Å²) in [5, 5.41) is 7.75. The summed E-state index contributed by atoms with van der Waals surface area (Å²) in [7, 11) is 0. The van der Waals surface area contributed by atoms with Gasteiger partial charge < -0.3 is 15.4 Å². The Hall–Kier alpha value is -2.64. The Kier molecular flexibility index (Phi) is 4.83. The maximum Gasteiger partial charge on any atom is 0.413 e. The maximum absolute atomic E-state index is 11.9. The Morgan fingerprint density at radius 3 is 2.57 bits per heavy atom. The minimum atomic E-state index is -0.601. The van der Waals surface area contributed by atoms with Crippen LogP contribution < -0.4 is 16.0 Å². The lowest BCUT2D eigenvalue weighted by molar-refractivity contribution is -0.122. The van der Waals surface area contributed by atoms with Crippen LogP contribution in [0.3, 0.4) is 0 Å². The van der Waals surface area contributed by atoms with Crippen molar-refractivity contribution >= 4 is 29.4 Å². The fraction of sp³-hybridized carbons (Fsp3) is 0.467. The van der Waals surface area contributed by atoms with E-state index in [9.17, 15) is 14.4 Å². The second-order valence-electron chi connectivity index (χ2n) is 6.21. The number of carbonyl (C=O) groups excluding carboxylic acids is 3. The molecule has 2 rings (SSSR count). The highest BCUT2D eigenvalue weighted by molar-refractivity contribution is 5.99. The molecule has 0 spiro atoms. The van der Waals surface area contributed by atoms with Crippen molar-refractivity contribution in [2.24, 2.45) is 0 Å². The van der Waals surface area contributed by atoms with Crippen LogP contribution in [0.1, 0.15) is 33.6 Å². The lowest BCUT2D eigenvalue weighted by Gasteiger charge is -2.19. The third-order valence-corrected chi connectivity index (χ3v) is 2.97. The number of pyridine rings is 1. The molecule has 0 radical (unpaired) electrons. The second kappa shape index (κ2) is 6.64. The Balaban J connectivity index is 1.88. The number of nitrogens with one attached hydrogen (secondary N) is 3. The minimum absolute atomic E-state index is 0.125. The van der Waals surface area contributed by atoms with Gasteiger partial charge in [-0.05, 0) is 39.3 Å². The second-order valence-corrected chi connectivity index (χ2v) is 6.21. The summed E-state index contributed by atoms with van der Waals surface area (Å²) in [6, 6.07) is 2.64. The Morgan fingerprint density at radius 1 is 1.30 bits per heavy atom. The van der Waals surface area contributed by atoms with Gasteiger partial charge in [0.2, 0.25) is 11.8 Å². The number of ether oxygens (including phenoxy) is 1. The summed E-state index contributed by atoms with van der Waals surface area (Å²) < 4.78 is 5.11. The molecule has 1 aliphatic heterocycles. The summed E-state index contributed by atoms with van der Waals surface area (Å²) in [6.45, 7) is 5.29. The zero-order valence-electron chi connectivity index (χ0n) is 13.3. The predicted molar refractivity (Wildman–Crippen MR) is 83.9 cm³/mol. The molecular formula is C15H20N4O4. The van der Waals surface area contributed by atoms with Crippen molar-refractivity contribution in [3.05, 3.63) is 18.3 Å². The number of carbonyl (C=O) groups is 3. The molecule has 1 aromatic heterocycles. The van der Waals surface area contributed by atoms with E-state index < -0.39 is 17.7 Å². The number of nitrogens with zero attached hydrogens (tertiary/aromatic N) is 1. The molecule has 1 aromatic rings. The van der Waals surface area contributed by atoms with Crippen LogP contribution in [0.4, 0.5) is 16.3 Å². The van der Waals surface area contributed by atoms with Crippen LogP contribution in [0.2, 0.25) is 0 Å². The molecule has 8 nitrogen and oxygen atoms in total. The molecule has 0 aromatic carbocycles. The SMILES string of the molecule is CC(C)(C)OC(=O)Nc1ccc(NC(=O)[C@@H]2CCC(=O)N2)cn1. The van der Waals surface area contributed by atoms with Gasteiger partial charge in [-0.25, -0.2) is 9.78 Å². The van der Waals surface area contributed by atoms with Gasteiger partial charge in [-0.15, -0.1) is 0 Å². The standard InChI is InChI=1S/C15H20N4O4/c1-15(2,3)23-14(22)19-11-6-4-9(8-16-11)17-13(21)10-5-7-12(20)18-10/h4,6,8,10H,5,7H2,1-3H3,(H,17,21)(H,18,20)(H,16,19,22)/t10-/m0/s1. The Bertz CT molecular complexity index is 607. The van der Waals surface area contributed by atoms with E-state index in [0.29, 0.717) is 24.3 Å². The van der Waals surface area contributed by atoms with Gasteiger partial charge >= 0.3 is 6.09 Å². The number of rotatable bonds is 3. The lowest BCUT2D eigenvalue weighted by Crippen LogP contribution is -2.37. The number of hydrogen-bond donors (Lipinski definition) is 3. The van der Waals surface area contributed by atoms with Crippen LogP contribution in [0.25, 0.3) is 0 Å². The molecule has 1 aliphatic rings. The minimum Gasteiger partial charge on any atom is -0.444 e. The molecule has 2 heterocycles. The molecule has 0 saturated carbocycles. The Morgan fingerprint density at radius 2 is 2.04 bits per heavy atom. The highest BCUT2D eigenvalue weighted by Gasteiger charge is 2.27. The molecule has 3 N–H and O–H groups in total. The molecule has 1 atom stereocenters. The van der Waals surface area contributed by atoms with Gasteiger partial charge in [-0.1, -0.05) is 0 Å². The summed E-state index contributed by atoms with van der Waals surface area (Å²) in [6.07, 6.45) is 1.66. The number of amides is 3. The van der Waals surface area contributed by atoms with Crippen molar-refractivity contribution in [1.82, 2.24) is 10.3 Å². The van der Waals surface area contributed by atoms with Crippen molar-refractivity contribution in [2.75, 3.05) is 10.6 Å². The van der Waals surface area contributed by atoms with Crippen LogP contribution in [0, 0.1) is 0 Å². The largest absolute Gasteiger partial charge is 0.444 e. The quantitative estimate of drug-likeness (QED) is 0.784. The Labute approximate surface area is 134 Å². The van der Waals surface area contributed by atoms with Crippen LogP contribution in [0.15, 0.2) is 18.3 Å². The molecule has 0 aliphatic carbocycles. The smallest absolute Gasteiger partial charge is 0.413 e. The van der Waals surface area contributed by atoms with Crippen molar-refractivity contribution in [3.8, 4) is 0 Å². The first-order valence-electron chi connectivity index (χ1n) is 7.29. The highest BCUT2D eigenvalue weighted by atomic mass is 16.6. The molecule has 0 unspecified atom stereocenters. The average molecular weight is 320 g/mol. The molecule has 8 heteroatoms. The summed E-state index contributed by atoms with van der Waals surface area (Å²) in [4.78, 5) is 38.7. The van der Waals surface area contributed by atoms with Crippen LogP contribution in [-0.4, -0.2) is 34.5 Å². The number of aromatic nitrogens is 1. The first kappa shape index (κ1) is 16.7. The van der Waals surface area contributed by atoms with E-state index >= 15 is 0 Å². The van der Waals surface area contributed by atoms with Gasteiger partial charge in [-0.3, -0.25) is 14.9 Å². The third-order valence-electron chi connectivity index (χ3n) is 2.97. The van der Waals surface area contributed by atoms with E-state index in [-0.39, 0.29) is 11.8 Å². The molecular weight excluding hydrogens is 300 g/mol. The first-order chi connectivity index (χ1) is 10.7. The predicted octanol–water partition coefficient (Wildman–Crippen LogP) is 1.65. The van der Waals surface area contributed by atoms with E-state index in [2.05, 4.69) is 20.9 Å². The van der Waals surface area contributed by atoms with Gasteiger partial charge in [0.05, 0.1) is 11.9 Å². The molecule has 1 saturated heterocycles. The number of anilines is 2. The van der Waals surface area contributed by atoms with Crippen LogP contribution >= 0.6 is 0 Å². The normalized spacial score (nSPS) is 17.3. The summed E-state index contributed by atoms with van der Waals surface area (Å²) in [5.41, 5.74) is -0.116. The molecule has 1 fully saturated rings. The van der Waals surface area contributed by atoms with E-state index in [1.807, 2.05) is 0 Å². The van der Waals surface area contributed by atoms with Gasteiger partial charge in [-0.2, -0.15) is 0 Å². The zero-order chi connectivity index (χ0) is 17.0.